The highest BCUT2D eigenvalue weighted by atomic mass is 16.5. The molecule has 2 rings (SSSR count). The van der Waals surface area contributed by atoms with Gasteiger partial charge in [0, 0.05) is 26.7 Å². The van der Waals surface area contributed by atoms with Gasteiger partial charge < -0.3 is 15.0 Å². The average Bonchev–Trinajstić information content (AvgIpc) is 2.77. The van der Waals surface area contributed by atoms with Crippen molar-refractivity contribution in [2.24, 2.45) is 0 Å². The fourth-order valence-electron chi connectivity index (χ4n) is 2.09. The highest BCUT2D eigenvalue weighted by Crippen LogP contribution is 2.13. The van der Waals surface area contributed by atoms with Gasteiger partial charge in [0.25, 0.3) is 0 Å². The zero-order chi connectivity index (χ0) is 9.97. The minimum Gasteiger partial charge on any atom is -0.377 e. The van der Waals surface area contributed by atoms with E-state index in [1.54, 1.807) is 4.90 Å². The smallest absolute Gasteiger partial charge is 0.239 e. The van der Waals surface area contributed by atoms with E-state index in [1.165, 1.54) is 0 Å². The van der Waals surface area contributed by atoms with E-state index in [4.69, 9.17) is 4.74 Å². The summed E-state index contributed by atoms with van der Waals surface area (Å²) in [6, 6.07) is 0.0317. The Labute approximate surface area is 84.6 Å². The number of amides is 1. The Morgan fingerprint density at radius 3 is 3.00 bits per heavy atom. The Bertz CT molecular complexity index is 214. The number of ether oxygens (including phenoxy) is 1. The molecule has 2 atom stereocenters. The Hall–Kier alpha value is -0.610. The molecule has 0 aliphatic carbocycles. The number of hydrogen-bond acceptors (Lipinski definition) is 3. The van der Waals surface area contributed by atoms with Gasteiger partial charge in [-0.3, -0.25) is 4.79 Å². The fraction of sp³-hybridized carbons (Fsp3) is 0.900. The first-order chi connectivity index (χ1) is 6.77. The molecule has 80 valence electrons. The first kappa shape index (κ1) is 9.93. The van der Waals surface area contributed by atoms with E-state index in [-0.39, 0.29) is 11.9 Å². The Morgan fingerprint density at radius 2 is 2.43 bits per heavy atom. The molecule has 4 nitrogen and oxygen atoms in total. The molecule has 0 radical (unpaired) electrons. The number of likely N-dealkylation sites (N-methyl/N-ethyl adjacent to an activating group) is 1. The summed E-state index contributed by atoms with van der Waals surface area (Å²) in [5.74, 6) is 0.225. The monoisotopic (exact) mass is 198 g/mol. The summed E-state index contributed by atoms with van der Waals surface area (Å²) < 4.78 is 5.49. The Kier molecular flexibility index (Phi) is 3.03. The van der Waals surface area contributed by atoms with Crippen LogP contribution in [0, 0.1) is 0 Å². The molecule has 2 fully saturated rings. The van der Waals surface area contributed by atoms with Crippen LogP contribution in [-0.4, -0.2) is 49.7 Å². The third-order valence-electron chi connectivity index (χ3n) is 3.04. The highest BCUT2D eigenvalue weighted by molar-refractivity contribution is 5.83. The molecule has 4 heteroatoms. The molecule has 2 aliphatic heterocycles. The summed E-state index contributed by atoms with van der Waals surface area (Å²) in [5.41, 5.74) is 0. The Morgan fingerprint density at radius 1 is 1.57 bits per heavy atom. The van der Waals surface area contributed by atoms with E-state index in [9.17, 15) is 4.79 Å². The maximum absolute atomic E-state index is 11.5. The van der Waals surface area contributed by atoms with Crippen molar-refractivity contribution in [3.63, 3.8) is 0 Å². The summed E-state index contributed by atoms with van der Waals surface area (Å²) in [6.45, 7) is 2.58. The molecule has 0 aromatic rings. The van der Waals surface area contributed by atoms with Gasteiger partial charge in [-0.15, -0.1) is 0 Å². The highest BCUT2D eigenvalue weighted by Gasteiger charge is 2.29. The van der Waals surface area contributed by atoms with E-state index >= 15 is 0 Å². The molecule has 0 aromatic heterocycles. The van der Waals surface area contributed by atoms with Crippen LogP contribution in [-0.2, 0) is 9.53 Å². The van der Waals surface area contributed by atoms with E-state index < -0.39 is 0 Å². The second kappa shape index (κ2) is 4.28. The maximum atomic E-state index is 11.5. The number of nitrogens with one attached hydrogen (secondary N) is 1. The van der Waals surface area contributed by atoms with Gasteiger partial charge >= 0.3 is 0 Å². The summed E-state index contributed by atoms with van der Waals surface area (Å²) in [6.07, 6.45) is 3.55. The van der Waals surface area contributed by atoms with Crippen LogP contribution in [0.1, 0.15) is 19.3 Å². The molecule has 0 aromatic carbocycles. The molecule has 0 bridgehead atoms. The van der Waals surface area contributed by atoms with Crippen LogP contribution in [0.25, 0.3) is 0 Å². The van der Waals surface area contributed by atoms with Crippen LogP contribution in [0.15, 0.2) is 0 Å². The predicted octanol–water partition coefficient (Wildman–Crippen LogP) is -0.0143. The lowest BCUT2D eigenvalue weighted by atomic mass is 10.2. The number of nitrogens with zero attached hydrogens (tertiary/aromatic N) is 1. The van der Waals surface area contributed by atoms with Crippen LogP contribution in [0.2, 0.25) is 0 Å². The van der Waals surface area contributed by atoms with Gasteiger partial charge in [-0.1, -0.05) is 0 Å². The van der Waals surface area contributed by atoms with Gasteiger partial charge in [0.1, 0.15) is 0 Å². The normalized spacial score (nSPS) is 32.9. The lowest BCUT2D eigenvalue weighted by Crippen LogP contribution is -2.40. The van der Waals surface area contributed by atoms with Gasteiger partial charge in [0.15, 0.2) is 0 Å². The van der Waals surface area contributed by atoms with Crippen molar-refractivity contribution in [1.29, 1.82) is 0 Å². The standard InChI is InChI=1S/C10H18N2O2/c1-12-5-4-9(10(12)13)11-7-8-3-2-6-14-8/h8-9,11H,2-7H2,1H3. The van der Waals surface area contributed by atoms with Crippen LogP contribution < -0.4 is 5.32 Å². The molecular formula is C10H18N2O2. The topological polar surface area (TPSA) is 41.6 Å². The van der Waals surface area contributed by atoms with Gasteiger partial charge in [-0.25, -0.2) is 0 Å². The zero-order valence-electron chi connectivity index (χ0n) is 8.66. The van der Waals surface area contributed by atoms with Crippen molar-refractivity contribution in [1.82, 2.24) is 10.2 Å². The molecule has 0 saturated carbocycles. The number of carbonyl (C=O) groups is 1. The lowest BCUT2D eigenvalue weighted by Gasteiger charge is -2.15. The minimum absolute atomic E-state index is 0.0317. The summed E-state index contributed by atoms with van der Waals surface area (Å²) in [5, 5.41) is 3.29. The van der Waals surface area contributed by atoms with Gasteiger partial charge in [0.2, 0.25) is 5.91 Å². The van der Waals surface area contributed by atoms with Crippen molar-refractivity contribution >= 4 is 5.91 Å². The predicted molar refractivity (Wildman–Crippen MR) is 53.0 cm³/mol. The maximum Gasteiger partial charge on any atom is 0.239 e. The van der Waals surface area contributed by atoms with Crippen LogP contribution in [0.4, 0.5) is 0 Å². The van der Waals surface area contributed by atoms with Crippen LogP contribution >= 0.6 is 0 Å². The molecule has 2 unspecified atom stereocenters. The number of rotatable bonds is 3. The van der Waals surface area contributed by atoms with Gasteiger partial charge in [0.05, 0.1) is 12.1 Å². The fourth-order valence-corrected chi connectivity index (χ4v) is 2.09. The molecule has 2 saturated heterocycles. The van der Waals surface area contributed by atoms with E-state index in [0.29, 0.717) is 6.10 Å². The van der Waals surface area contributed by atoms with Crippen molar-refractivity contribution in [3.8, 4) is 0 Å². The number of hydrogen-bond donors (Lipinski definition) is 1. The first-order valence-electron chi connectivity index (χ1n) is 5.37. The molecular weight excluding hydrogens is 180 g/mol. The third kappa shape index (κ3) is 2.07. The molecule has 1 amide bonds. The molecule has 14 heavy (non-hydrogen) atoms. The van der Waals surface area contributed by atoms with Crippen molar-refractivity contribution in [2.45, 2.75) is 31.4 Å². The van der Waals surface area contributed by atoms with Crippen LogP contribution in [0.3, 0.4) is 0 Å². The molecule has 2 aliphatic rings. The lowest BCUT2D eigenvalue weighted by molar-refractivity contribution is -0.128. The van der Waals surface area contributed by atoms with Gasteiger partial charge in [-0.05, 0) is 19.3 Å². The average molecular weight is 198 g/mol. The quantitative estimate of drug-likeness (QED) is 0.693. The molecule has 2 heterocycles. The summed E-state index contributed by atoms with van der Waals surface area (Å²) in [4.78, 5) is 13.3. The number of likely N-dealkylation sites (tertiary alicyclic amines) is 1. The SMILES string of the molecule is CN1CCC(NCC2CCCO2)C1=O. The second-order valence-electron chi connectivity index (χ2n) is 4.14. The third-order valence-corrected chi connectivity index (χ3v) is 3.04. The summed E-state index contributed by atoms with van der Waals surface area (Å²) >= 11 is 0. The molecule has 0 spiro atoms. The van der Waals surface area contributed by atoms with Crippen LogP contribution in [0.5, 0.6) is 0 Å². The number of carbonyl (C=O) groups excluding carboxylic acids is 1. The Balaban J connectivity index is 1.72. The first-order valence-corrected chi connectivity index (χ1v) is 5.37. The molecule has 1 N–H and O–H groups in total. The van der Waals surface area contributed by atoms with Gasteiger partial charge in [-0.2, -0.15) is 0 Å². The minimum atomic E-state index is 0.0317. The largest absolute Gasteiger partial charge is 0.377 e. The second-order valence-corrected chi connectivity index (χ2v) is 4.14. The van der Waals surface area contributed by atoms with Crippen molar-refractivity contribution in [2.75, 3.05) is 26.7 Å². The van der Waals surface area contributed by atoms with Crippen molar-refractivity contribution in [3.05, 3.63) is 0 Å². The summed E-state index contributed by atoms with van der Waals surface area (Å²) in [7, 11) is 1.86. The zero-order valence-corrected chi connectivity index (χ0v) is 8.66. The van der Waals surface area contributed by atoms with E-state index in [0.717, 1.165) is 39.0 Å². The van der Waals surface area contributed by atoms with E-state index in [2.05, 4.69) is 5.32 Å². The van der Waals surface area contributed by atoms with E-state index in [1.807, 2.05) is 7.05 Å². The van der Waals surface area contributed by atoms with Crippen molar-refractivity contribution < 1.29 is 9.53 Å².